The van der Waals surface area contributed by atoms with E-state index in [0.29, 0.717) is 64.4 Å². The van der Waals surface area contributed by atoms with Gasteiger partial charge in [0.15, 0.2) is 43.7 Å². The number of carboxylic acids is 1. The van der Waals surface area contributed by atoms with E-state index in [1.54, 1.807) is 6.92 Å². The highest BCUT2D eigenvalue weighted by molar-refractivity contribution is 5.80. The fourth-order valence-corrected chi connectivity index (χ4v) is 20.9. The number of hydrogen-bond acceptors (Lipinski definition) is 33. The number of aldehydes is 1. The van der Waals surface area contributed by atoms with Crippen LogP contribution in [0, 0.1) is 50.2 Å². The van der Waals surface area contributed by atoms with Gasteiger partial charge in [-0.25, -0.2) is 4.79 Å². The second-order valence-electron chi connectivity index (χ2n) is 35.0. The summed E-state index contributed by atoms with van der Waals surface area (Å²) in [6.45, 7) is 11.3. The summed E-state index contributed by atoms with van der Waals surface area (Å²) in [7, 11) is 0. The van der Waals surface area contributed by atoms with Crippen molar-refractivity contribution in [2.24, 2.45) is 50.2 Å². The molecule has 35 nitrogen and oxygen atoms in total. The van der Waals surface area contributed by atoms with Crippen molar-refractivity contribution in [3.05, 3.63) is 11.6 Å². The predicted molar refractivity (Wildman–Crippen MR) is 376 cm³/mol. The maximum atomic E-state index is 15.9. The van der Waals surface area contributed by atoms with Crippen LogP contribution in [0.5, 0.6) is 0 Å². The van der Waals surface area contributed by atoms with Crippen LogP contribution in [0.1, 0.15) is 170 Å². The predicted octanol–water partition coefficient (Wildman–Crippen LogP) is -2.82. The molecule has 6 heterocycles. The Morgan fingerprint density at radius 2 is 1.11 bits per heavy atom. The zero-order valence-corrected chi connectivity index (χ0v) is 64.3. The Balaban J connectivity index is 0.795. The van der Waals surface area contributed by atoms with Crippen LogP contribution in [-0.4, -0.2) is 333 Å². The highest BCUT2D eigenvalue weighted by atomic mass is 16.8. The molecule has 3 unspecified atom stereocenters. The molecular formula is C76H123NO34. The second-order valence-corrected chi connectivity index (χ2v) is 35.0. The molecule has 0 aromatic rings. The van der Waals surface area contributed by atoms with Crippen molar-refractivity contribution in [1.29, 1.82) is 0 Å². The molecule has 6 aliphatic heterocycles. The van der Waals surface area contributed by atoms with Gasteiger partial charge < -0.3 is 159 Å². The molecule has 5 aliphatic carbocycles. The third kappa shape index (κ3) is 16.9. The van der Waals surface area contributed by atoms with Gasteiger partial charge in [0.25, 0.3) is 0 Å². The molecule has 10 fully saturated rings. The molecule has 0 aromatic carbocycles. The summed E-state index contributed by atoms with van der Waals surface area (Å²) in [6, 6.07) is -1.40. The van der Waals surface area contributed by atoms with Crippen molar-refractivity contribution in [2.45, 2.75) is 355 Å². The molecule has 636 valence electrons. The van der Waals surface area contributed by atoms with Gasteiger partial charge >= 0.3 is 11.9 Å². The van der Waals surface area contributed by atoms with Crippen molar-refractivity contribution in [3.8, 4) is 0 Å². The number of rotatable bonds is 29. The van der Waals surface area contributed by atoms with Gasteiger partial charge in [0.1, 0.15) is 122 Å². The van der Waals surface area contributed by atoms with Crippen molar-refractivity contribution < 1.29 is 168 Å². The molecule has 19 N–H and O–H groups in total. The largest absolute Gasteiger partial charge is 0.479 e. The summed E-state index contributed by atoms with van der Waals surface area (Å²) in [4.78, 5) is 57.0. The summed E-state index contributed by atoms with van der Waals surface area (Å²) in [5.74, 6) is -4.56. The summed E-state index contributed by atoms with van der Waals surface area (Å²) in [6.07, 6.45) is -36.1. The maximum Gasteiger partial charge on any atom is 0.335 e. The van der Waals surface area contributed by atoms with E-state index in [4.69, 9.17) is 56.8 Å². The van der Waals surface area contributed by atoms with E-state index in [1.165, 1.54) is 6.92 Å². The number of ether oxygens (including phenoxy) is 12. The van der Waals surface area contributed by atoms with Crippen LogP contribution < -0.4 is 5.32 Å². The van der Waals surface area contributed by atoms with Crippen molar-refractivity contribution >= 4 is 24.1 Å². The van der Waals surface area contributed by atoms with Crippen LogP contribution in [0.3, 0.4) is 0 Å². The molecule has 111 heavy (non-hydrogen) atoms. The third-order valence-electron chi connectivity index (χ3n) is 27.8. The van der Waals surface area contributed by atoms with Crippen LogP contribution >= 0.6 is 0 Å². The monoisotopic (exact) mass is 1590 g/mol. The molecule has 38 atom stereocenters. The number of carboxylic acid groups (broad SMARTS) is 1. The number of amides is 1. The van der Waals surface area contributed by atoms with Crippen LogP contribution in [0.2, 0.25) is 0 Å². The topological polar surface area (TPSA) is 555 Å². The molecule has 6 saturated heterocycles. The lowest BCUT2D eigenvalue weighted by Crippen LogP contribution is -2.70. The number of aliphatic hydroxyl groups excluding tert-OH is 17. The zero-order valence-electron chi connectivity index (χ0n) is 64.3. The Bertz CT molecular complexity index is 3160. The van der Waals surface area contributed by atoms with Gasteiger partial charge in [0.2, 0.25) is 12.2 Å². The highest BCUT2D eigenvalue weighted by Gasteiger charge is 2.73. The van der Waals surface area contributed by atoms with Gasteiger partial charge in [0, 0.05) is 13.0 Å². The number of aliphatic carboxylic acids is 1. The molecule has 0 bridgehead atoms. The number of esters is 1. The van der Waals surface area contributed by atoms with E-state index in [0.717, 1.165) is 50.4 Å². The summed E-state index contributed by atoms with van der Waals surface area (Å²) < 4.78 is 72.2. The Hall–Kier alpha value is -3.30. The van der Waals surface area contributed by atoms with Crippen molar-refractivity contribution in [3.63, 3.8) is 0 Å². The lowest BCUT2D eigenvalue weighted by molar-refractivity contribution is -0.391. The van der Waals surface area contributed by atoms with Crippen LogP contribution in [-0.2, 0) is 76.0 Å². The molecule has 11 aliphatic rings. The lowest BCUT2D eigenvalue weighted by atomic mass is 9.33. The molecule has 0 spiro atoms. The summed E-state index contributed by atoms with van der Waals surface area (Å²) in [5.41, 5.74) is -4.83. The molecule has 0 aromatic heterocycles. The lowest BCUT2D eigenvalue weighted by Gasteiger charge is -2.71. The Morgan fingerprint density at radius 3 is 1.75 bits per heavy atom. The zero-order chi connectivity index (χ0) is 80.9. The van der Waals surface area contributed by atoms with E-state index < -0.39 is 273 Å². The number of aliphatic hydroxyl groups is 17. The van der Waals surface area contributed by atoms with E-state index in [2.05, 4.69) is 46.0 Å². The fraction of sp³-hybridized carbons (Fsp3) is 0.921. The van der Waals surface area contributed by atoms with E-state index in [-0.39, 0.29) is 31.6 Å². The SMILES string of the molecule is C[C@@H]1O[C@@H](O[C@H]2[C@H](OC(=O)[C@]34CCC(C)(C)CC3C3=CCC5[C@@]6(C)CC[C@H](O[C@@H]7O[C@H](C(=O)O)[C@@H](O)[C@H](O[C@@H]8OC[C@@H](O)[C@H](O)[C@H]8O)[C@H]7O[C@H]7O[C@H](CO)[C@H](O)[C@H](O)[C@H]7O)[C@@](C)(C=O)C6CC[C@@]5(C)[C@]3(C)C[C@H]4O)O[C@H](CO)[C@H](NC(=O)CCCCCCCCCCCO[C@@H]3O[C@@H](CO)[C@H](O)[C@H]3O)[C@@H]2O)[C@H](O)[C@H](O)[C@H]1O. The van der Waals surface area contributed by atoms with Crippen LogP contribution in [0.25, 0.3) is 0 Å². The number of fused-ring (bicyclic) bond motifs is 7. The second kappa shape index (κ2) is 35.7. The number of carbonyl (C=O) groups is 4. The van der Waals surface area contributed by atoms with Gasteiger partial charge in [-0.15, -0.1) is 0 Å². The first-order chi connectivity index (χ1) is 52.4. The quantitative estimate of drug-likeness (QED) is 0.0118. The minimum Gasteiger partial charge on any atom is -0.479 e. The average Bonchev–Trinajstić information content (AvgIpc) is 0.872. The van der Waals surface area contributed by atoms with Gasteiger partial charge in [-0.1, -0.05) is 98.1 Å². The van der Waals surface area contributed by atoms with Gasteiger partial charge in [-0.2, -0.15) is 0 Å². The first-order valence-corrected chi connectivity index (χ1v) is 39.8. The molecule has 1 amide bonds. The number of nitrogens with one attached hydrogen (secondary N) is 1. The fourth-order valence-electron chi connectivity index (χ4n) is 20.9. The number of hydrogen-bond donors (Lipinski definition) is 19. The average molecular weight is 1590 g/mol. The first kappa shape index (κ1) is 88.5. The van der Waals surface area contributed by atoms with Crippen LogP contribution in [0.4, 0.5) is 0 Å². The summed E-state index contributed by atoms with van der Waals surface area (Å²) in [5, 5.41) is 199. The Morgan fingerprint density at radius 1 is 0.541 bits per heavy atom. The number of allylic oxidation sites excluding steroid dienone is 2. The Labute approximate surface area is 644 Å². The number of unbranched alkanes of at least 4 members (excludes halogenated alkanes) is 8. The minimum atomic E-state index is -2.22. The van der Waals surface area contributed by atoms with Gasteiger partial charge in [-0.05, 0) is 117 Å². The summed E-state index contributed by atoms with van der Waals surface area (Å²) >= 11 is 0. The minimum absolute atomic E-state index is 0.0254. The van der Waals surface area contributed by atoms with Crippen molar-refractivity contribution in [1.82, 2.24) is 5.32 Å². The standard InChI is InChI=1S/C76H123NO34/c1-34-47(85)52(90)56(94)66(102-34)109-61-51(89)46(77-45(84)17-15-13-11-9-8-10-12-14-16-26-100-64-55(93)50(88)40(31-80)104-64)38(29-78)103-68(61)111-70(99)76-25-24-71(2,3)27-36(76)35-18-19-42-72(4)22-21-44(73(5,33-81)41(72)20-23-74(42,6)75(35,7)28-43(76)83)106-69-62(110-67-57(95)53(91)49(87)39(30-79)105-67)59(58(96)60(108-69)63(97)98)107-65-54(92)48(86)37(82)32-101-65/h18,33-34,36-44,46-62,64-69,78-80,82-83,85-96H,8-17,19-32H2,1-7H3,(H,77,84)(H,97,98)/t34-,36?,37+,38+,39+,40-,41?,42?,43+,44-,46-,47-,48-,49-,50-,51-,52+,53-,54+,55+,56+,57+,58-,59-,60-,61+,62+,64+,65-,66-,67+,68-,69+,72-,73-,74+,75+,76+/m0/s1. The van der Waals surface area contributed by atoms with Crippen LogP contribution in [0.15, 0.2) is 11.6 Å². The smallest absolute Gasteiger partial charge is 0.335 e. The number of carbonyl (C=O) groups excluding carboxylic acids is 3. The first-order valence-electron chi connectivity index (χ1n) is 39.8. The maximum absolute atomic E-state index is 15.9. The van der Waals surface area contributed by atoms with E-state index in [1.807, 2.05) is 0 Å². The molecule has 0 radical (unpaired) electrons. The van der Waals surface area contributed by atoms with Gasteiger partial charge in [-0.3, -0.25) is 9.59 Å². The van der Waals surface area contributed by atoms with Gasteiger partial charge in [0.05, 0.1) is 56.2 Å². The molecule has 4 saturated carbocycles. The van der Waals surface area contributed by atoms with E-state index in [9.17, 15) is 106 Å². The highest BCUT2D eigenvalue weighted by Crippen LogP contribution is 2.76. The molecular weight excluding hydrogens is 1470 g/mol. The third-order valence-corrected chi connectivity index (χ3v) is 27.8. The molecule has 11 rings (SSSR count). The van der Waals surface area contributed by atoms with E-state index >= 15 is 4.79 Å². The Kier molecular flexibility index (Phi) is 28.5. The normalized spacial score (nSPS) is 49.0. The molecule has 35 heteroatoms. The van der Waals surface area contributed by atoms with Crippen molar-refractivity contribution in [2.75, 3.05) is 33.0 Å².